The van der Waals surface area contributed by atoms with Gasteiger partial charge in [0.25, 0.3) is 0 Å². The van der Waals surface area contributed by atoms with Gasteiger partial charge in [-0.1, -0.05) is 41.1 Å². The summed E-state index contributed by atoms with van der Waals surface area (Å²) in [6.45, 7) is 6.22. The maximum Gasteiger partial charge on any atom is 0.147 e. The zero-order chi connectivity index (χ0) is 12.1. The SMILES string of the molecule is CCOc1c(CC)cccc1C(Br)C(C)=O. The highest BCUT2D eigenvalue weighted by molar-refractivity contribution is 9.09. The van der Waals surface area contributed by atoms with Crippen molar-refractivity contribution in [3.05, 3.63) is 29.3 Å². The predicted octanol–water partition coefficient (Wildman–Crippen LogP) is 3.67. The number of carbonyl (C=O) groups is 1. The summed E-state index contributed by atoms with van der Waals surface area (Å²) in [7, 11) is 0. The maximum absolute atomic E-state index is 11.4. The van der Waals surface area contributed by atoms with Crippen LogP contribution in [0.1, 0.15) is 36.7 Å². The first-order valence-electron chi connectivity index (χ1n) is 5.50. The van der Waals surface area contributed by atoms with Crippen molar-refractivity contribution >= 4 is 21.7 Å². The highest BCUT2D eigenvalue weighted by Gasteiger charge is 2.19. The van der Waals surface area contributed by atoms with Gasteiger partial charge in [0.05, 0.1) is 6.61 Å². The highest BCUT2D eigenvalue weighted by Crippen LogP contribution is 2.34. The van der Waals surface area contributed by atoms with E-state index in [2.05, 4.69) is 22.9 Å². The van der Waals surface area contributed by atoms with Crippen LogP contribution in [0.4, 0.5) is 0 Å². The molecule has 0 amide bonds. The van der Waals surface area contributed by atoms with Crippen LogP contribution in [0.15, 0.2) is 18.2 Å². The average Bonchev–Trinajstić information content (AvgIpc) is 2.28. The van der Waals surface area contributed by atoms with Gasteiger partial charge in [-0.15, -0.1) is 0 Å². The molecule has 0 spiro atoms. The van der Waals surface area contributed by atoms with E-state index >= 15 is 0 Å². The fourth-order valence-corrected chi connectivity index (χ4v) is 1.98. The average molecular weight is 285 g/mol. The number of hydrogen-bond acceptors (Lipinski definition) is 2. The number of alkyl halides is 1. The summed E-state index contributed by atoms with van der Waals surface area (Å²) in [5, 5.41) is 0. The zero-order valence-corrected chi connectivity index (χ0v) is 11.5. The van der Waals surface area contributed by atoms with E-state index < -0.39 is 0 Å². The van der Waals surface area contributed by atoms with Crippen LogP contribution in [0, 0.1) is 0 Å². The number of halogens is 1. The molecule has 1 aromatic carbocycles. The van der Waals surface area contributed by atoms with Crippen molar-refractivity contribution in [2.24, 2.45) is 0 Å². The minimum absolute atomic E-state index is 0.0919. The summed E-state index contributed by atoms with van der Waals surface area (Å²) in [5.41, 5.74) is 2.07. The van der Waals surface area contributed by atoms with Gasteiger partial charge in [-0.3, -0.25) is 4.79 Å². The molecule has 88 valence electrons. The third-order valence-electron chi connectivity index (χ3n) is 2.43. The van der Waals surface area contributed by atoms with E-state index in [0.29, 0.717) is 6.61 Å². The number of para-hydroxylation sites is 1. The van der Waals surface area contributed by atoms with Gasteiger partial charge in [-0.05, 0) is 25.8 Å². The number of benzene rings is 1. The first kappa shape index (κ1) is 13.2. The summed E-state index contributed by atoms with van der Waals surface area (Å²) in [4.78, 5) is 11.1. The summed E-state index contributed by atoms with van der Waals surface area (Å²) in [5.74, 6) is 0.943. The Morgan fingerprint density at radius 1 is 1.44 bits per heavy atom. The molecular weight excluding hydrogens is 268 g/mol. The van der Waals surface area contributed by atoms with Crippen molar-refractivity contribution in [1.29, 1.82) is 0 Å². The lowest BCUT2D eigenvalue weighted by molar-refractivity contribution is -0.116. The van der Waals surface area contributed by atoms with Gasteiger partial charge in [0.15, 0.2) is 0 Å². The van der Waals surface area contributed by atoms with Gasteiger partial charge in [-0.25, -0.2) is 0 Å². The minimum atomic E-state index is -0.277. The Morgan fingerprint density at radius 2 is 2.12 bits per heavy atom. The third kappa shape index (κ3) is 2.85. The Hall–Kier alpha value is -0.830. The molecule has 2 nitrogen and oxygen atoms in total. The second kappa shape index (κ2) is 6.04. The molecule has 0 aliphatic heterocycles. The van der Waals surface area contributed by atoms with Crippen LogP contribution < -0.4 is 4.74 Å². The Bertz CT molecular complexity index is 374. The lowest BCUT2D eigenvalue weighted by atomic mass is 10.0. The topological polar surface area (TPSA) is 26.3 Å². The normalized spacial score (nSPS) is 12.2. The molecule has 0 heterocycles. The van der Waals surface area contributed by atoms with Crippen molar-refractivity contribution in [1.82, 2.24) is 0 Å². The fraction of sp³-hybridized carbons (Fsp3) is 0.462. The van der Waals surface area contributed by atoms with Crippen molar-refractivity contribution in [2.45, 2.75) is 32.0 Å². The van der Waals surface area contributed by atoms with Gasteiger partial charge in [0.2, 0.25) is 0 Å². The second-order valence-electron chi connectivity index (χ2n) is 3.60. The monoisotopic (exact) mass is 284 g/mol. The molecule has 3 heteroatoms. The molecule has 0 aliphatic rings. The van der Waals surface area contributed by atoms with Crippen LogP contribution in [-0.2, 0) is 11.2 Å². The molecular formula is C13H17BrO2. The molecule has 1 aromatic rings. The van der Waals surface area contributed by atoms with E-state index in [9.17, 15) is 4.79 Å². The molecule has 16 heavy (non-hydrogen) atoms. The first-order chi connectivity index (χ1) is 7.61. The molecule has 0 aromatic heterocycles. The van der Waals surface area contributed by atoms with Crippen LogP contribution in [0.5, 0.6) is 5.75 Å². The summed E-state index contributed by atoms with van der Waals surface area (Å²) >= 11 is 3.40. The molecule has 0 saturated heterocycles. The lowest BCUT2D eigenvalue weighted by Gasteiger charge is -2.16. The van der Waals surface area contributed by atoms with Gasteiger partial charge in [-0.2, -0.15) is 0 Å². The molecule has 1 atom stereocenters. The van der Waals surface area contributed by atoms with E-state index in [4.69, 9.17) is 4.74 Å². The number of ketones is 1. The Kier molecular flexibility index (Phi) is 5.00. The minimum Gasteiger partial charge on any atom is -0.493 e. The number of rotatable bonds is 5. The number of Topliss-reactive ketones (excluding diaryl/α,β-unsaturated/α-hetero) is 1. The zero-order valence-electron chi connectivity index (χ0n) is 9.92. The molecule has 0 fully saturated rings. The number of ether oxygens (including phenoxy) is 1. The molecule has 1 unspecified atom stereocenters. The number of aryl methyl sites for hydroxylation is 1. The highest BCUT2D eigenvalue weighted by atomic mass is 79.9. The summed E-state index contributed by atoms with van der Waals surface area (Å²) < 4.78 is 5.65. The van der Waals surface area contributed by atoms with E-state index in [1.165, 1.54) is 0 Å². The Balaban J connectivity index is 3.20. The van der Waals surface area contributed by atoms with Crippen molar-refractivity contribution < 1.29 is 9.53 Å². The smallest absolute Gasteiger partial charge is 0.147 e. The van der Waals surface area contributed by atoms with Crippen LogP contribution in [0.2, 0.25) is 0 Å². The molecule has 0 saturated carbocycles. The van der Waals surface area contributed by atoms with Gasteiger partial charge in [0, 0.05) is 5.56 Å². The van der Waals surface area contributed by atoms with Crippen molar-refractivity contribution in [3.63, 3.8) is 0 Å². The number of carbonyl (C=O) groups excluding carboxylic acids is 1. The van der Waals surface area contributed by atoms with Crippen LogP contribution in [-0.4, -0.2) is 12.4 Å². The lowest BCUT2D eigenvalue weighted by Crippen LogP contribution is -2.06. The van der Waals surface area contributed by atoms with Crippen molar-refractivity contribution in [2.75, 3.05) is 6.61 Å². The van der Waals surface area contributed by atoms with E-state index in [1.807, 2.05) is 25.1 Å². The molecule has 0 aliphatic carbocycles. The summed E-state index contributed by atoms with van der Waals surface area (Å²) in [6, 6.07) is 5.94. The largest absolute Gasteiger partial charge is 0.493 e. The summed E-state index contributed by atoms with van der Waals surface area (Å²) in [6.07, 6.45) is 0.904. The second-order valence-corrected chi connectivity index (χ2v) is 4.51. The fourth-order valence-electron chi connectivity index (χ4n) is 1.62. The van der Waals surface area contributed by atoms with Crippen LogP contribution >= 0.6 is 15.9 Å². The molecule has 0 bridgehead atoms. The van der Waals surface area contributed by atoms with Crippen LogP contribution in [0.25, 0.3) is 0 Å². The van der Waals surface area contributed by atoms with Gasteiger partial charge in [0.1, 0.15) is 16.4 Å². The Morgan fingerprint density at radius 3 is 2.62 bits per heavy atom. The standard InChI is InChI=1S/C13H17BrO2/c1-4-10-7-6-8-11(12(14)9(3)15)13(10)16-5-2/h6-8,12H,4-5H2,1-3H3. The third-order valence-corrected chi connectivity index (χ3v) is 3.56. The Labute approximate surface area is 105 Å². The van der Waals surface area contributed by atoms with Crippen LogP contribution in [0.3, 0.4) is 0 Å². The predicted molar refractivity (Wildman–Crippen MR) is 69.3 cm³/mol. The molecule has 0 N–H and O–H groups in total. The first-order valence-corrected chi connectivity index (χ1v) is 6.42. The van der Waals surface area contributed by atoms with Crippen molar-refractivity contribution in [3.8, 4) is 5.75 Å². The van der Waals surface area contributed by atoms with E-state index in [0.717, 1.165) is 23.3 Å². The van der Waals surface area contributed by atoms with Gasteiger partial charge >= 0.3 is 0 Å². The van der Waals surface area contributed by atoms with E-state index in [-0.39, 0.29) is 10.6 Å². The molecule has 1 rings (SSSR count). The number of hydrogen-bond donors (Lipinski definition) is 0. The molecule has 0 radical (unpaired) electrons. The quantitative estimate of drug-likeness (QED) is 0.771. The van der Waals surface area contributed by atoms with Gasteiger partial charge < -0.3 is 4.74 Å². The maximum atomic E-state index is 11.4. The van der Waals surface area contributed by atoms with E-state index in [1.54, 1.807) is 6.92 Å².